The summed E-state index contributed by atoms with van der Waals surface area (Å²) in [7, 11) is -0.667. The van der Waals surface area contributed by atoms with Crippen molar-refractivity contribution in [1.82, 2.24) is 9.80 Å². The summed E-state index contributed by atoms with van der Waals surface area (Å²) in [6, 6.07) is 18.6. The molecule has 7 heteroatoms. The Morgan fingerprint density at radius 3 is 2.64 bits per heavy atom. The van der Waals surface area contributed by atoms with Gasteiger partial charge in [-0.2, -0.15) is 0 Å². The first-order valence-electron chi connectivity index (χ1n) is 11.7. The monoisotopic (exact) mass is 487 g/mol. The minimum atomic E-state index is -0.667. The molecule has 0 aliphatic carbocycles. The molecule has 2 heterocycles. The molecule has 4 unspecified atom stereocenters. The van der Waals surface area contributed by atoms with Gasteiger partial charge in [-0.1, -0.05) is 42.5 Å². The number of ether oxygens (including phenoxy) is 1. The topological polar surface area (TPSA) is 45.3 Å². The Balaban J connectivity index is 1.36. The Kier molecular flexibility index (Phi) is 8.43. The fraction of sp³-hybridized carbons (Fsp3) is 0.462. The van der Waals surface area contributed by atoms with Crippen LogP contribution in [0.4, 0.5) is 0 Å². The summed E-state index contributed by atoms with van der Waals surface area (Å²) in [6.45, 7) is 4.54. The fourth-order valence-corrected chi connectivity index (χ4v) is 5.26. The maximum atomic E-state index is 12.9. The Morgan fingerprint density at radius 1 is 1.18 bits per heavy atom. The Bertz CT molecular complexity index is 940. The van der Waals surface area contributed by atoms with Crippen molar-refractivity contribution in [2.75, 3.05) is 25.6 Å². The van der Waals surface area contributed by atoms with Crippen molar-refractivity contribution >= 4 is 31.6 Å². The van der Waals surface area contributed by atoms with Gasteiger partial charge in [-0.25, -0.2) is 0 Å². The maximum absolute atomic E-state index is 12.9. The molecule has 4 atom stereocenters. The molecular weight excluding hydrogens is 455 g/mol. The quantitative estimate of drug-likeness (QED) is 0.268. The number of rotatable bonds is 9. The van der Waals surface area contributed by atoms with Crippen molar-refractivity contribution < 1.29 is 14.1 Å². The molecule has 2 fully saturated rings. The number of epoxide rings is 1. The first-order chi connectivity index (χ1) is 16.0. The van der Waals surface area contributed by atoms with Gasteiger partial charge in [0.2, 0.25) is 5.91 Å². The third-order valence-electron chi connectivity index (χ3n) is 6.30. The number of hydrogen-bond acceptors (Lipinski definition) is 4. The van der Waals surface area contributed by atoms with Crippen molar-refractivity contribution in [3.63, 3.8) is 0 Å². The lowest BCUT2D eigenvalue weighted by Crippen LogP contribution is -2.40. The average Bonchev–Trinajstić information content (AvgIpc) is 3.62. The van der Waals surface area contributed by atoms with E-state index < -0.39 is 7.77 Å². The lowest BCUT2D eigenvalue weighted by molar-refractivity contribution is -0.134. The molecule has 0 spiro atoms. The van der Waals surface area contributed by atoms with Crippen molar-refractivity contribution in [2.45, 2.75) is 50.6 Å². The zero-order chi connectivity index (χ0) is 23.2. The number of carbonyl (C=O) groups is 1. The summed E-state index contributed by atoms with van der Waals surface area (Å²) in [5.74, 6) is 1.37. The molecule has 0 radical (unpaired) electrons. The number of amides is 1. The molecule has 2 aromatic carbocycles. The van der Waals surface area contributed by atoms with E-state index in [1.165, 1.54) is 5.56 Å². The standard InChI is InChI=1S/C26H33ClN2O3P/c1-33(2)32-23-12-10-21(11-13-23)25-26(31-25)28-17-6-9-22(15-18-28)29(24(30)14-16-27)19-20-7-4-3-5-8-20/h3-5,7-8,10-13,22,25-26H,1,6,9,14-19H2,2H3/q+1. The third-order valence-corrected chi connectivity index (χ3v) is 7.01. The number of carbonyl (C=O) groups excluding carboxylic acids is 1. The molecule has 0 bridgehead atoms. The molecule has 0 N–H and O–H groups in total. The van der Waals surface area contributed by atoms with Gasteiger partial charge in [-0.3, -0.25) is 14.2 Å². The lowest BCUT2D eigenvalue weighted by Gasteiger charge is -2.31. The highest BCUT2D eigenvalue weighted by atomic mass is 35.5. The van der Waals surface area contributed by atoms with E-state index in [1.54, 1.807) is 0 Å². The Morgan fingerprint density at radius 2 is 1.94 bits per heavy atom. The van der Waals surface area contributed by atoms with Gasteiger partial charge < -0.3 is 9.64 Å². The number of nitrogens with zero attached hydrogens (tertiary/aromatic N) is 2. The lowest BCUT2D eigenvalue weighted by atomic mass is 10.1. The van der Waals surface area contributed by atoms with E-state index >= 15 is 0 Å². The molecule has 1 amide bonds. The molecule has 2 aliphatic heterocycles. The van der Waals surface area contributed by atoms with Crippen LogP contribution in [0.2, 0.25) is 0 Å². The second-order valence-electron chi connectivity index (χ2n) is 8.80. The predicted molar refractivity (Wildman–Crippen MR) is 136 cm³/mol. The van der Waals surface area contributed by atoms with Gasteiger partial charge in [0.05, 0.1) is 0 Å². The van der Waals surface area contributed by atoms with Crippen molar-refractivity contribution in [3.8, 4) is 5.75 Å². The number of alkyl halides is 1. The Hall–Kier alpha value is -1.91. The number of benzene rings is 2. The molecule has 2 saturated heterocycles. The molecule has 176 valence electrons. The first-order valence-corrected chi connectivity index (χ1v) is 14.1. The van der Waals surface area contributed by atoms with Gasteiger partial charge in [-0.15, -0.1) is 11.6 Å². The van der Waals surface area contributed by atoms with Gasteiger partial charge in [0, 0.05) is 38.0 Å². The van der Waals surface area contributed by atoms with E-state index in [-0.39, 0.29) is 24.3 Å². The highest BCUT2D eigenvalue weighted by Gasteiger charge is 2.45. The zero-order valence-corrected chi connectivity index (χ0v) is 20.9. The van der Waals surface area contributed by atoms with Crippen molar-refractivity contribution in [2.24, 2.45) is 0 Å². The van der Waals surface area contributed by atoms with Crippen molar-refractivity contribution in [1.29, 1.82) is 0 Å². The van der Waals surface area contributed by atoms with Crippen LogP contribution in [0, 0.1) is 0 Å². The SMILES string of the molecule is C=[P+](C)Oc1ccc(C2OC2N2CCCC(N(Cc3ccccc3)C(=O)CCCl)CC2)cc1. The molecular formula is C26H33ClN2O3P+. The molecule has 5 nitrogen and oxygen atoms in total. The summed E-state index contributed by atoms with van der Waals surface area (Å²) >= 11 is 5.91. The van der Waals surface area contributed by atoms with Gasteiger partial charge >= 0.3 is 0 Å². The highest BCUT2D eigenvalue weighted by molar-refractivity contribution is 7.50. The van der Waals surface area contributed by atoms with Crippen LogP contribution in [0.5, 0.6) is 5.75 Å². The van der Waals surface area contributed by atoms with E-state index in [9.17, 15) is 4.79 Å². The minimum Gasteiger partial charge on any atom is -0.348 e. The van der Waals surface area contributed by atoms with Crippen LogP contribution in [0.1, 0.15) is 42.9 Å². The van der Waals surface area contributed by atoms with Gasteiger partial charge in [0.1, 0.15) is 25.3 Å². The smallest absolute Gasteiger partial charge is 0.296 e. The summed E-state index contributed by atoms with van der Waals surface area (Å²) in [4.78, 5) is 17.4. The van der Waals surface area contributed by atoms with Crippen LogP contribution < -0.4 is 4.52 Å². The average molecular weight is 488 g/mol. The van der Waals surface area contributed by atoms with Crippen LogP contribution in [-0.4, -0.2) is 59.9 Å². The summed E-state index contributed by atoms with van der Waals surface area (Å²) in [5, 5.41) is 0. The van der Waals surface area contributed by atoms with E-state index in [0.717, 1.165) is 43.7 Å². The minimum absolute atomic E-state index is 0.108. The van der Waals surface area contributed by atoms with Crippen LogP contribution >= 0.6 is 19.4 Å². The number of hydrogen-bond donors (Lipinski definition) is 0. The normalized spacial score (nSPS) is 23.5. The third kappa shape index (κ3) is 6.58. The van der Waals surface area contributed by atoms with Gasteiger partial charge in [-0.05, 0) is 42.5 Å². The van der Waals surface area contributed by atoms with E-state index in [1.807, 2.05) is 37.0 Å². The van der Waals surface area contributed by atoms with Crippen LogP contribution in [0.25, 0.3) is 0 Å². The van der Waals surface area contributed by atoms with Gasteiger partial charge in [0.25, 0.3) is 7.77 Å². The van der Waals surface area contributed by atoms with E-state index in [0.29, 0.717) is 18.8 Å². The summed E-state index contributed by atoms with van der Waals surface area (Å²) in [6.07, 6.45) is 7.54. The van der Waals surface area contributed by atoms with Gasteiger partial charge in [0.15, 0.2) is 5.75 Å². The van der Waals surface area contributed by atoms with Crippen LogP contribution in [0.3, 0.4) is 0 Å². The van der Waals surface area contributed by atoms with Crippen molar-refractivity contribution in [3.05, 3.63) is 65.7 Å². The fourth-order valence-electron chi connectivity index (χ4n) is 4.62. The predicted octanol–water partition coefficient (Wildman–Crippen LogP) is 5.43. The second-order valence-corrected chi connectivity index (χ2v) is 10.6. The molecule has 0 aromatic heterocycles. The summed E-state index contributed by atoms with van der Waals surface area (Å²) < 4.78 is 11.8. The van der Waals surface area contributed by atoms with E-state index in [2.05, 4.69) is 40.4 Å². The van der Waals surface area contributed by atoms with Crippen LogP contribution in [-0.2, 0) is 16.1 Å². The number of likely N-dealkylation sites (tertiary alicyclic amines) is 1. The largest absolute Gasteiger partial charge is 0.348 e. The first kappa shape index (κ1) is 24.2. The highest BCUT2D eigenvalue weighted by Crippen LogP contribution is 2.42. The Labute approximate surface area is 203 Å². The second kappa shape index (κ2) is 11.5. The molecule has 2 aromatic rings. The molecule has 2 aliphatic rings. The maximum Gasteiger partial charge on any atom is 0.296 e. The molecule has 33 heavy (non-hydrogen) atoms. The van der Waals surface area contributed by atoms with E-state index in [4.69, 9.17) is 20.9 Å². The summed E-state index contributed by atoms with van der Waals surface area (Å²) in [5.41, 5.74) is 2.34. The molecule has 0 saturated carbocycles. The zero-order valence-electron chi connectivity index (χ0n) is 19.2. The molecule has 4 rings (SSSR count). The number of halogens is 1. The van der Waals surface area contributed by atoms with Crippen LogP contribution in [0.15, 0.2) is 54.6 Å².